The zero-order chi connectivity index (χ0) is 34.4. The summed E-state index contributed by atoms with van der Waals surface area (Å²) in [7, 11) is 0. The number of aromatic hydroxyl groups is 1. The molecule has 4 atom stereocenters. The predicted molar refractivity (Wildman–Crippen MR) is 176 cm³/mol. The van der Waals surface area contributed by atoms with Gasteiger partial charge in [0, 0.05) is 38.5 Å². The molecule has 47 heavy (non-hydrogen) atoms. The maximum Gasteiger partial charge on any atom is 0.245 e. The summed E-state index contributed by atoms with van der Waals surface area (Å²) >= 11 is 0. The van der Waals surface area contributed by atoms with Crippen molar-refractivity contribution in [2.24, 2.45) is 17.4 Å². The molecule has 0 spiro atoms. The number of amides is 2. The minimum Gasteiger partial charge on any atom is -0.508 e. The van der Waals surface area contributed by atoms with Gasteiger partial charge in [-0.05, 0) is 82.0 Å². The van der Waals surface area contributed by atoms with E-state index >= 15 is 0 Å². The van der Waals surface area contributed by atoms with Crippen LogP contribution in [-0.4, -0.2) is 97.6 Å². The minimum absolute atomic E-state index is 0.0171. The van der Waals surface area contributed by atoms with E-state index in [0.29, 0.717) is 64.8 Å². The fraction of sp³-hybridized carbons (Fsp3) is 0.676. The number of likely N-dealkylation sites (tertiary alicyclic amines) is 1. The molecule has 1 aromatic rings. The first-order chi connectivity index (χ1) is 22.7. The largest absolute Gasteiger partial charge is 0.508 e. The van der Waals surface area contributed by atoms with Crippen molar-refractivity contribution in [3.63, 3.8) is 0 Å². The normalized spacial score (nSPS) is 16.3. The lowest BCUT2D eigenvalue weighted by atomic mass is 9.87. The fourth-order valence-electron chi connectivity index (χ4n) is 5.49. The van der Waals surface area contributed by atoms with Crippen molar-refractivity contribution in [2.45, 2.75) is 95.2 Å². The number of hydrogen-bond acceptors (Lipinski definition) is 10. The zero-order valence-electron chi connectivity index (χ0n) is 27.5. The number of hydrogen-bond donors (Lipinski definition) is 4. The van der Waals surface area contributed by atoms with Gasteiger partial charge in [-0.1, -0.05) is 18.6 Å². The van der Waals surface area contributed by atoms with Crippen molar-refractivity contribution in [1.82, 2.24) is 16.0 Å². The Morgan fingerprint density at radius 3 is 2.47 bits per heavy atom. The van der Waals surface area contributed by atoms with E-state index in [-0.39, 0.29) is 74.3 Å². The number of nitrogens with one attached hydrogen (secondary N) is 2. The molecule has 1 fully saturated rings. The number of phenolic OH excluding ortho intramolecular Hbond substituents is 1. The second kappa shape index (κ2) is 23.0. The zero-order valence-corrected chi connectivity index (χ0v) is 27.5. The van der Waals surface area contributed by atoms with Gasteiger partial charge in [-0.2, -0.15) is 5.26 Å². The van der Waals surface area contributed by atoms with Gasteiger partial charge in [-0.15, -0.1) is 0 Å². The number of ketones is 2. The lowest BCUT2D eigenvalue weighted by molar-refractivity contribution is -0.132. The average Bonchev–Trinajstić information content (AvgIpc) is 3.54. The molecule has 261 valence electrons. The van der Waals surface area contributed by atoms with Crippen molar-refractivity contribution in [2.75, 3.05) is 46.1 Å². The molecule has 1 radical (unpaired) electrons. The van der Waals surface area contributed by atoms with E-state index in [4.69, 9.17) is 31.9 Å². The Hall–Kier alpha value is -3.41. The summed E-state index contributed by atoms with van der Waals surface area (Å²) in [4.78, 5) is 51.7. The summed E-state index contributed by atoms with van der Waals surface area (Å²) in [5.74, 6) is -1.05. The van der Waals surface area contributed by atoms with Gasteiger partial charge in [0.1, 0.15) is 24.2 Å². The minimum atomic E-state index is -0.977. The summed E-state index contributed by atoms with van der Waals surface area (Å²) in [5, 5.41) is 21.4. The van der Waals surface area contributed by atoms with Crippen LogP contribution in [0.4, 0.5) is 0 Å². The molecule has 2 amide bonds. The van der Waals surface area contributed by atoms with Crippen LogP contribution < -0.4 is 22.5 Å². The van der Waals surface area contributed by atoms with Crippen molar-refractivity contribution >= 4 is 23.4 Å². The van der Waals surface area contributed by atoms with Gasteiger partial charge < -0.3 is 36.3 Å². The Morgan fingerprint density at radius 1 is 1.02 bits per heavy atom. The van der Waals surface area contributed by atoms with Crippen LogP contribution >= 0.6 is 0 Å². The summed E-state index contributed by atoms with van der Waals surface area (Å²) in [6.07, 6.45) is 6.41. The summed E-state index contributed by atoms with van der Waals surface area (Å²) in [5.41, 5.74) is 20.7. The number of Topliss-reactive ketones (excluding diaryl/α,β-unsaturated/α-hetero) is 2. The molecular formula is C34H53N6O7. The molecule has 1 aliphatic heterocycles. The van der Waals surface area contributed by atoms with Gasteiger partial charge in [0.15, 0.2) is 5.78 Å². The van der Waals surface area contributed by atoms with Crippen LogP contribution in [0.5, 0.6) is 5.75 Å². The molecule has 1 aliphatic rings. The number of nitrogens with zero attached hydrogens (tertiary/aromatic N) is 2. The van der Waals surface area contributed by atoms with Gasteiger partial charge in [-0.25, -0.2) is 5.73 Å². The quantitative estimate of drug-likeness (QED) is 0.112. The molecule has 0 aliphatic carbocycles. The Morgan fingerprint density at radius 2 is 1.74 bits per heavy atom. The van der Waals surface area contributed by atoms with Crippen LogP contribution in [0.1, 0.15) is 76.2 Å². The lowest BCUT2D eigenvalue weighted by Crippen LogP contribution is -2.45. The smallest absolute Gasteiger partial charge is 0.245 e. The highest BCUT2D eigenvalue weighted by Crippen LogP contribution is 2.20. The highest BCUT2D eigenvalue weighted by molar-refractivity contribution is 5.90. The summed E-state index contributed by atoms with van der Waals surface area (Å²) < 4.78 is 10.9. The van der Waals surface area contributed by atoms with E-state index in [0.717, 1.165) is 24.8 Å². The molecule has 13 nitrogen and oxygen atoms in total. The highest BCUT2D eigenvalue weighted by atomic mass is 16.5. The van der Waals surface area contributed by atoms with E-state index in [1.54, 1.807) is 17.0 Å². The number of ether oxygens (including phenoxy) is 2. The molecule has 0 unspecified atom stereocenters. The van der Waals surface area contributed by atoms with Crippen LogP contribution in [0.3, 0.4) is 0 Å². The van der Waals surface area contributed by atoms with Crippen LogP contribution in [0.15, 0.2) is 24.3 Å². The number of carbonyl (C=O) groups is 4. The second-order valence-corrected chi connectivity index (χ2v) is 12.1. The van der Waals surface area contributed by atoms with Crippen LogP contribution in [0.2, 0.25) is 0 Å². The molecule has 7 N–H and O–H groups in total. The summed E-state index contributed by atoms with van der Waals surface area (Å²) in [6, 6.07) is 6.56. The maximum absolute atomic E-state index is 12.9. The van der Waals surface area contributed by atoms with E-state index < -0.39 is 18.0 Å². The third-order valence-electron chi connectivity index (χ3n) is 8.26. The molecular weight excluding hydrogens is 604 g/mol. The molecule has 1 aromatic carbocycles. The Balaban J connectivity index is 1.54. The number of nitrogens with two attached hydrogens (primary N) is 2. The molecule has 1 heterocycles. The van der Waals surface area contributed by atoms with Gasteiger partial charge in [0.05, 0.1) is 31.4 Å². The first-order valence-electron chi connectivity index (χ1n) is 16.8. The van der Waals surface area contributed by atoms with Crippen molar-refractivity contribution in [1.29, 1.82) is 5.26 Å². The van der Waals surface area contributed by atoms with E-state index in [9.17, 15) is 24.3 Å². The second-order valence-electron chi connectivity index (χ2n) is 12.1. The standard InChI is InChI=1S/C34H53N6O7/c35-15-3-1-7-26(22-32(43)30(38)21-25-11-13-28(41)14-12-25)31(42)10-6-18-46-19-20-47-24-33(44)39-16-4-2-9-29(37)34(45)40-17-5-8-27(40)23-36/h11-14,26-27,29-30,38,41H,1-10,15-22,24,35,37H2,(H,39,44)/t26-,27+,29+,30+/m1/s1. The molecule has 0 saturated carbocycles. The first-order valence-corrected chi connectivity index (χ1v) is 16.8. The van der Waals surface area contributed by atoms with Crippen LogP contribution in [-0.2, 0) is 35.1 Å². The molecule has 13 heteroatoms. The Kier molecular flexibility index (Phi) is 19.5. The predicted octanol–water partition coefficient (Wildman–Crippen LogP) is 1.80. The SMILES string of the molecule is N#C[C@@H]1CCCN1C(=O)[C@@H](N)CCCCNC(=O)COCCOCCCC(=O)[C@H](CCCCN)CC(=O)[C@@H]([NH])Cc1ccc(O)cc1. The van der Waals surface area contributed by atoms with Gasteiger partial charge in [0.2, 0.25) is 11.8 Å². The maximum atomic E-state index is 12.9. The third kappa shape index (κ3) is 15.8. The van der Waals surface area contributed by atoms with Crippen LogP contribution in [0.25, 0.3) is 0 Å². The van der Waals surface area contributed by atoms with Gasteiger partial charge in [-0.3, -0.25) is 19.2 Å². The molecule has 2 rings (SSSR count). The van der Waals surface area contributed by atoms with Gasteiger partial charge in [0.25, 0.3) is 0 Å². The molecule has 0 bridgehead atoms. The topological polar surface area (TPSA) is 222 Å². The number of phenols is 1. The van der Waals surface area contributed by atoms with Crippen LogP contribution in [0, 0.1) is 17.2 Å². The first kappa shape index (κ1) is 39.8. The molecule has 0 aromatic heterocycles. The third-order valence-corrected chi connectivity index (χ3v) is 8.26. The number of rotatable bonds is 25. The number of benzene rings is 1. The molecule has 1 saturated heterocycles. The summed E-state index contributed by atoms with van der Waals surface area (Å²) in [6.45, 7) is 2.26. The number of unbranched alkanes of at least 4 members (excludes halogenated alkanes) is 2. The Labute approximate surface area is 278 Å². The fourth-order valence-corrected chi connectivity index (χ4v) is 5.49. The van der Waals surface area contributed by atoms with Gasteiger partial charge >= 0.3 is 0 Å². The number of carbonyl (C=O) groups excluding carboxylic acids is 4. The average molecular weight is 658 g/mol. The van der Waals surface area contributed by atoms with Crippen molar-refractivity contribution < 1.29 is 33.8 Å². The van der Waals surface area contributed by atoms with E-state index in [2.05, 4.69) is 11.4 Å². The monoisotopic (exact) mass is 657 g/mol. The van der Waals surface area contributed by atoms with Crippen molar-refractivity contribution in [3.05, 3.63) is 29.8 Å². The Bertz CT molecular complexity index is 1140. The van der Waals surface area contributed by atoms with Crippen molar-refractivity contribution in [3.8, 4) is 11.8 Å². The van der Waals surface area contributed by atoms with E-state index in [1.165, 1.54) is 12.1 Å². The lowest BCUT2D eigenvalue weighted by Gasteiger charge is -2.23. The van der Waals surface area contributed by atoms with E-state index in [1.807, 2.05) is 0 Å². The highest BCUT2D eigenvalue weighted by Gasteiger charge is 2.31. The number of nitriles is 1.